The van der Waals surface area contributed by atoms with Gasteiger partial charge >= 0.3 is 0 Å². The topological polar surface area (TPSA) is 61.8 Å². The quantitative estimate of drug-likeness (QED) is 0.364. The Bertz CT molecular complexity index is 771. The van der Waals surface area contributed by atoms with Crippen molar-refractivity contribution in [2.24, 2.45) is 4.99 Å². The largest absolute Gasteiger partial charge is 0.380 e. The Labute approximate surface area is 182 Å². The number of nitrogens with one attached hydrogen (secondary N) is 2. The van der Waals surface area contributed by atoms with Gasteiger partial charge in [0.2, 0.25) is 0 Å². The summed E-state index contributed by atoms with van der Waals surface area (Å²) < 4.78 is 19.0. The molecule has 1 aliphatic rings. The van der Waals surface area contributed by atoms with Crippen molar-refractivity contribution in [3.63, 3.8) is 0 Å². The number of guanidine groups is 1. The van der Waals surface area contributed by atoms with E-state index < -0.39 is 0 Å². The summed E-state index contributed by atoms with van der Waals surface area (Å²) in [6, 6.07) is 11.5. The molecule has 28 heavy (non-hydrogen) atoms. The maximum atomic E-state index is 13.9. The fraction of sp³-hybridized carbons (Fsp3) is 0.400. The molecular formula is C20H27FIN5O. The van der Waals surface area contributed by atoms with Gasteiger partial charge in [0, 0.05) is 46.0 Å². The van der Waals surface area contributed by atoms with Crippen molar-refractivity contribution >= 4 is 35.8 Å². The van der Waals surface area contributed by atoms with Crippen molar-refractivity contribution < 1.29 is 9.13 Å². The second-order valence-corrected chi connectivity index (χ2v) is 6.56. The van der Waals surface area contributed by atoms with Crippen molar-refractivity contribution in [3.05, 3.63) is 59.5 Å². The molecule has 2 N–H and O–H groups in total. The number of nitrogens with zero attached hydrogens (tertiary/aromatic N) is 3. The lowest BCUT2D eigenvalue weighted by Crippen LogP contribution is -2.44. The molecule has 0 bridgehead atoms. The zero-order valence-electron chi connectivity index (χ0n) is 16.2. The van der Waals surface area contributed by atoms with E-state index in [0.717, 1.165) is 24.5 Å². The summed E-state index contributed by atoms with van der Waals surface area (Å²) >= 11 is 0. The van der Waals surface area contributed by atoms with Crippen LogP contribution in [0.15, 0.2) is 47.6 Å². The van der Waals surface area contributed by atoms with Gasteiger partial charge in [-0.25, -0.2) is 9.37 Å². The zero-order chi connectivity index (χ0) is 19.1. The Kier molecular flexibility index (Phi) is 8.91. The number of methoxy groups -OCH3 is 1. The van der Waals surface area contributed by atoms with E-state index in [2.05, 4.69) is 44.9 Å². The van der Waals surface area contributed by atoms with Gasteiger partial charge in [0.25, 0.3) is 0 Å². The molecule has 1 unspecified atom stereocenters. The fourth-order valence-electron chi connectivity index (χ4n) is 3.17. The first-order valence-electron chi connectivity index (χ1n) is 9.09. The second kappa shape index (κ2) is 11.2. The molecule has 1 atom stereocenters. The lowest BCUT2D eigenvalue weighted by Gasteiger charge is -2.20. The van der Waals surface area contributed by atoms with Crippen LogP contribution in [-0.4, -0.2) is 44.2 Å². The molecule has 0 aliphatic carbocycles. The Hall–Kier alpha value is -1.94. The minimum Gasteiger partial charge on any atom is -0.380 e. The van der Waals surface area contributed by atoms with Gasteiger partial charge in [-0.1, -0.05) is 24.3 Å². The number of benzene rings is 1. The summed E-state index contributed by atoms with van der Waals surface area (Å²) in [6.07, 6.45) is 2.53. The van der Waals surface area contributed by atoms with Gasteiger partial charge in [0.15, 0.2) is 17.6 Å². The van der Waals surface area contributed by atoms with Crippen LogP contribution in [-0.2, 0) is 17.9 Å². The minimum atomic E-state index is -0.280. The summed E-state index contributed by atoms with van der Waals surface area (Å²) in [4.78, 5) is 10.4. The van der Waals surface area contributed by atoms with E-state index in [4.69, 9.17) is 4.74 Å². The number of hydrogen-bond acceptors (Lipinski definition) is 4. The fourth-order valence-corrected chi connectivity index (χ4v) is 3.17. The van der Waals surface area contributed by atoms with Crippen molar-refractivity contribution in [1.29, 1.82) is 0 Å². The standard InChI is InChI=1S/C20H26FN5O.HI/c1-22-20(24-12-15-5-7-16(8-6-15)14-27-2)25-17-9-11-26(13-17)19-18(21)4-3-10-23-19;/h3-8,10,17H,9,11-14H2,1-2H3,(H2,22,24,25);1H. The van der Waals surface area contributed by atoms with Crippen LogP contribution in [0.3, 0.4) is 0 Å². The van der Waals surface area contributed by atoms with Crippen LogP contribution in [0.25, 0.3) is 0 Å². The van der Waals surface area contributed by atoms with Crippen molar-refractivity contribution in [2.75, 3.05) is 32.1 Å². The minimum absolute atomic E-state index is 0. The van der Waals surface area contributed by atoms with Gasteiger partial charge in [-0.05, 0) is 29.7 Å². The average Bonchev–Trinajstić information content (AvgIpc) is 3.15. The molecule has 0 spiro atoms. The molecule has 152 valence electrons. The molecule has 2 aromatic rings. The lowest BCUT2D eigenvalue weighted by atomic mass is 10.1. The maximum Gasteiger partial charge on any atom is 0.191 e. The molecule has 1 saturated heterocycles. The summed E-state index contributed by atoms with van der Waals surface area (Å²) in [6.45, 7) is 2.76. The van der Waals surface area contributed by atoms with Gasteiger partial charge in [0.1, 0.15) is 0 Å². The molecule has 1 fully saturated rings. The predicted octanol–water partition coefficient (Wildman–Crippen LogP) is 2.93. The molecule has 1 aromatic heterocycles. The Balaban J connectivity index is 0.00000280. The molecule has 6 nitrogen and oxygen atoms in total. The van der Waals surface area contributed by atoms with Crippen LogP contribution in [0, 0.1) is 5.82 Å². The number of ether oxygens (including phenoxy) is 1. The molecule has 0 saturated carbocycles. The summed E-state index contributed by atoms with van der Waals surface area (Å²) in [5, 5.41) is 6.74. The number of hydrogen-bond donors (Lipinski definition) is 2. The smallest absolute Gasteiger partial charge is 0.191 e. The summed E-state index contributed by atoms with van der Waals surface area (Å²) in [5.41, 5.74) is 2.32. The Morgan fingerprint density at radius 1 is 1.29 bits per heavy atom. The highest BCUT2D eigenvalue weighted by Crippen LogP contribution is 2.20. The molecule has 0 radical (unpaired) electrons. The number of rotatable bonds is 6. The van der Waals surface area contributed by atoms with Crippen molar-refractivity contribution in [1.82, 2.24) is 15.6 Å². The molecule has 1 aliphatic heterocycles. The highest BCUT2D eigenvalue weighted by molar-refractivity contribution is 14.0. The van der Waals surface area contributed by atoms with Gasteiger partial charge in [-0.2, -0.15) is 0 Å². The number of anilines is 1. The summed E-state index contributed by atoms with van der Waals surface area (Å²) in [5.74, 6) is 0.878. The van der Waals surface area contributed by atoms with Crippen LogP contribution >= 0.6 is 24.0 Å². The predicted molar refractivity (Wildman–Crippen MR) is 121 cm³/mol. The maximum absolute atomic E-state index is 13.9. The van der Waals surface area contributed by atoms with E-state index in [1.165, 1.54) is 11.6 Å². The monoisotopic (exact) mass is 499 g/mol. The lowest BCUT2D eigenvalue weighted by molar-refractivity contribution is 0.185. The highest BCUT2D eigenvalue weighted by atomic mass is 127. The third-order valence-electron chi connectivity index (χ3n) is 4.59. The molecular weight excluding hydrogens is 472 g/mol. The van der Waals surface area contributed by atoms with Gasteiger partial charge < -0.3 is 20.3 Å². The van der Waals surface area contributed by atoms with Crippen molar-refractivity contribution in [2.45, 2.75) is 25.6 Å². The van der Waals surface area contributed by atoms with Crippen molar-refractivity contribution in [3.8, 4) is 0 Å². The average molecular weight is 499 g/mol. The van der Waals surface area contributed by atoms with E-state index in [1.807, 2.05) is 4.90 Å². The Morgan fingerprint density at radius 2 is 2.04 bits per heavy atom. The number of pyridine rings is 1. The SMILES string of the molecule is CN=C(NCc1ccc(COC)cc1)NC1CCN(c2ncccc2F)C1.I. The normalized spacial score (nSPS) is 16.6. The van der Waals surface area contributed by atoms with Gasteiger partial charge in [0.05, 0.1) is 6.61 Å². The molecule has 2 heterocycles. The van der Waals surface area contributed by atoms with Gasteiger partial charge in [-0.15, -0.1) is 24.0 Å². The van der Waals surface area contributed by atoms with E-state index in [0.29, 0.717) is 25.5 Å². The molecule has 3 rings (SSSR count). The van der Waals surface area contributed by atoms with Crippen LogP contribution in [0.2, 0.25) is 0 Å². The first kappa shape index (κ1) is 22.4. The number of aromatic nitrogens is 1. The Morgan fingerprint density at radius 3 is 2.71 bits per heavy atom. The molecule has 1 aromatic carbocycles. The molecule has 0 amide bonds. The van der Waals surface area contributed by atoms with Gasteiger partial charge in [-0.3, -0.25) is 4.99 Å². The summed E-state index contributed by atoms with van der Waals surface area (Å²) in [7, 11) is 3.44. The van der Waals surface area contributed by atoms with E-state index >= 15 is 0 Å². The molecule has 8 heteroatoms. The number of aliphatic imine (C=N–C) groups is 1. The third kappa shape index (κ3) is 6.03. The van der Waals surface area contributed by atoms with E-state index in [-0.39, 0.29) is 35.8 Å². The third-order valence-corrected chi connectivity index (χ3v) is 4.59. The van der Waals surface area contributed by atoms with Crippen LogP contribution in [0.1, 0.15) is 17.5 Å². The first-order chi connectivity index (χ1) is 13.2. The highest BCUT2D eigenvalue weighted by Gasteiger charge is 2.25. The van der Waals surface area contributed by atoms with E-state index in [1.54, 1.807) is 26.4 Å². The second-order valence-electron chi connectivity index (χ2n) is 6.56. The zero-order valence-corrected chi connectivity index (χ0v) is 18.5. The first-order valence-corrected chi connectivity index (χ1v) is 9.09. The van der Waals surface area contributed by atoms with Crippen LogP contribution in [0.5, 0.6) is 0 Å². The van der Waals surface area contributed by atoms with Crippen LogP contribution < -0.4 is 15.5 Å². The number of halogens is 2. The van der Waals surface area contributed by atoms with E-state index in [9.17, 15) is 4.39 Å². The van der Waals surface area contributed by atoms with Crippen LogP contribution in [0.4, 0.5) is 10.2 Å².